The van der Waals surface area contributed by atoms with Gasteiger partial charge in [0.1, 0.15) is 11.4 Å². The molecule has 4 heterocycles. The summed E-state index contributed by atoms with van der Waals surface area (Å²) in [6, 6.07) is 9.72. The van der Waals surface area contributed by atoms with Crippen molar-refractivity contribution in [1.29, 1.82) is 0 Å². The molecule has 10 nitrogen and oxygen atoms in total. The SMILES string of the molecule is Cc1nc(-c2ccc(C3CCC(O)(c4nc(-c5ccncc5F)cc(=O)n4C)CCN3O)cc2)no1. The highest BCUT2D eigenvalue weighted by Gasteiger charge is 2.39. The van der Waals surface area contributed by atoms with Crippen molar-refractivity contribution >= 4 is 0 Å². The Kier molecular flexibility index (Phi) is 6.20. The van der Waals surface area contributed by atoms with E-state index in [4.69, 9.17) is 4.52 Å². The van der Waals surface area contributed by atoms with Crippen molar-refractivity contribution in [3.8, 4) is 22.6 Å². The fourth-order valence-corrected chi connectivity index (χ4v) is 4.61. The first-order chi connectivity index (χ1) is 17.2. The molecule has 2 atom stereocenters. The summed E-state index contributed by atoms with van der Waals surface area (Å²) in [6.07, 6.45) is 3.20. The molecule has 5 rings (SSSR count). The van der Waals surface area contributed by atoms with Crippen molar-refractivity contribution < 1.29 is 19.2 Å². The molecular formula is C25H25FN6O4. The summed E-state index contributed by atoms with van der Waals surface area (Å²) in [5.41, 5.74) is -0.0564. The molecule has 0 amide bonds. The minimum Gasteiger partial charge on any atom is -0.382 e. The number of nitrogens with zero attached hydrogens (tertiary/aromatic N) is 6. The normalized spacial score (nSPS) is 20.9. The van der Waals surface area contributed by atoms with Gasteiger partial charge in [-0.1, -0.05) is 29.4 Å². The number of rotatable bonds is 4. The molecule has 1 aliphatic rings. The third-order valence-electron chi connectivity index (χ3n) is 6.63. The lowest BCUT2D eigenvalue weighted by Gasteiger charge is -2.28. The highest BCUT2D eigenvalue weighted by Crippen LogP contribution is 2.38. The van der Waals surface area contributed by atoms with Gasteiger partial charge in [-0.05, 0) is 30.9 Å². The van der Waals surface area contributed by atoms with Gasteiger partial charge in [0.15, 0.2) is 5.82 Å². The molecule has 11 heteroatoms. The monoisotopic (exact) mass is 492 g/mol. The molecule has 0 spiro atoms. The van der Waals surface area contributed by atoms with Gasteiger partial charge < -0.3 is 14.8 Å². The van der Waals surface area contributed by atoms with E-state index < -0.39 is 23.0 Å². The van der Waals surface area contributed by atoms with Gasteiger partial charge in [-0.3, -0.25) is 14.3 Å². The Morgan fingerprint density at radius 3 is 2.64 bits per heavy atom. The summed E-state index contributed by atoms with van der Waals surface area (Å²) in [5.74, 6) is 0.459. The van der Waals surface area contributed by atoms with Crippen LogP contribution in [-0.4, -0.2) is 46.6 Å². The summed E-state index contributed by atoms with van der Waals surface area (Å²) in [7, 11) is 1.52. The summed E-state index contributed by atoms with van der Waals surface area (Å²) in [6.45, 7) is 1.85. The Labute approximate surface area is 205 Å². The average Bonchev–Trinajstić information content (AvgIpc) is 3.24. The lowest BCUT2D eigenvalue weighted by molar-refractivity contribution is -0.129. The van der Waals surface area contributed by atoms with E-state index in [0.29, 0.717) is 18.1 Å². The molecule has 0 aliphatic carbocycles. The molecule has 1 fully saturated rings. The van der Waals surface area contributed by atoms with E-state index in [9.17, 15) is 19.5 Å². The maximum Gasteiger partial charge on any atom is 0.253 e. The fourth-order valence-electron chi connectivity index (χ4n) is 4.61. The van der Waals surface area contributed by atoms with Gasteiger partial charge in [0, 0.05) is 43.9 Å². The van der Waals surface area contributed by atoms with Crippen LogP contribution in [0.25, 0.3) is 22.6 Å². The molecule has 186 valence electrons. The highest BCUT2D eigenvalue weighted by atomic mass is 19.1. The summed E-state index contributed by atoms with van der Waals surface area (Å²) < 4.78 is 20.6. The molecule has 0 saturated carbocycles. The predicted molar refractivity (Wildman–Crippen MR) is 126 cm³/mol. The maximum atomic E-state index is 14.3. The predicted octanol–water partition coefficient (Wildman–Crippen LogP) is 3.14. The molecule has 1 aromatic carbocycles. The van der Waals surface area contributed by atoms with E-state index in [0.717, 1.165) is 17.3 Å². The van der Waals surface area contributed by atoms with Crippen LogP contribution < -0.4 is 5.56 Å². The lowest BCUT2D eigenvalue weighted by Crippen LogP contribution is -2.36. The zero-order valence-electron chi connectivity index (χ0n) is 19.8. The van der Waals surface area contributed by atoms with Crippen LogP contribution in [0.15, 0.2) is 58.1 Å². The van der Waals surface area contributed by atoms with Gasteiger partial charge in [-0.15, -0.1) is 0 Å². The first-order valence-electron chi connectivity index (χ1n) is 11.5. The van der Waals surface area contributed by atoms with Crippen molar-refractivity contribution in [2.45, 2.75) is 37.8 Å². The molecule has 2 unspecified atom stereocenters. The summed E-state index contributed by atoms with van der Waals surface area (Å²) in [4.78, 5) is 25.2. The molecule has 2 N–H and O–H groups in total. The summed E-state index contributed by atoms with van der Waals surface area (Å²) >= 11 is 0. The number of aromatic nitrogens is 5. The van der Waals surface area contributed by atoms with Gasteiger partial charge in [0.2, 0.25) is 11.7 Å². The van der Waals surface area contributed by atoms with Gasteiger partial charge >= 0.3 is 0 Å². The largest absolute Gasteiger partial charge is 0.382 e. The molecule has 3 aromatic heterocycles. The van der Waals surface area contributed by atoms with Gasteiger partial charge in [-0.25, -0.2) is 9.37 Å². The van der Waals surface area contributed by atoms with E-state index in [1.807, 2.05) is 24.3 Å². The Morgan fingerprint density at radius 1 is 1.17 bits per heavy atom. The number of hydrogen-bond donors (Lipinski definition) is 2. The average molecular weight is 493 g/mol. The quantitative estimate of drug-likeness (QED) is 0.441. The van der Waals surface area contributed by atoms with Crippen LogP contribution in [0.3, 0.4) is 0 Å². The van der Waals surface area contributed by atoms with Crippen molar-refractivity contribution in [2.24, 2.45) is 7.05 Å². The zero-order chi connectivity index (χ0) is 25.4. The van der Waals surface area contributed by atoms with Crippen LogP contribution in [0.1, 0.15) is 42.6 Å². The zero-order valence-corrected chi connectivity index (χ0v) is 19.8. The minimum absolute atomic E-state index is 0.121. The number of hydrogen-bond acceptors (Lipinski definition) is 9. The van der Waals surface area contributed by atoms with Crippen LogP contribution in [0.4, 0.5) is 4.39 Å². The Morgan fingerprint density at radius 2 is 1.94 bits per heavy atom. The summed E-state index contributed by atoms with van der Waals surface area (Å²) in [5, 5.41) is 27.6. The maximum absolute atomic E-state index is 14.3. The molecule has 4 aromatic rings. The Bertz CT molecular complexity index is 1450. The van der Waals surface area contributed by atoms with Crippen molar-refractivity contribution in [3.63, 3.8) is 0 Å². The van der Waals surface area contributed by atoms with E-state index in [-0.39, 0.29) is 36.5 Å². The Balaban J connectivity index is 1.43. The number of aryl methyl sites for hydroxylation is 1. The number of halogens is 1. The van der Waals surface area contributed by atoms with Crippen LogP contribution in [0.2, 0.25) is 0 Å². The molecule has 0 bridgehead atoms. The highest BCUT2D eigenvalue weighted by molar-refractivity contribution is 5.59. The molecular weight excluding hydrogens is 467 g/mol. The number of hydroxylamine groups is 2. The minimum atomic E-state index is -1.51. The second kappa shape index (κ2) is 9.34. The van der Waals surface area contributed by atoms with Crippen molar-refractivity contribution in [1.82, 2.24) is 29.7 Å². The van der Waals surface area contributed by atoms with Crippen LogP contribution in [0.5, 0.6) is 0 Å². The number of aliphatic hydroxyl groups is 1. The smallest absolute Gasteiger partial charge is 0.253 e. The molecule has 1 aliphatic heterocycles. The molecule has 1 saturated heterocycles. The standard InChI is InChI=1S/C25H25FN6O4/c1-15-28-23(30-36-15)17-5-3-16(4-6-17)21-7-9-25(34,10-12-32(21)35)24-29-20(13-22(33)31(24)2)18-8-11-27-14-19(18)26/h3-6,8,11,13-14,21,34-35H,7,9-10,12H2,1-2H3. The van der Waals surface area contributed by atoms with Crippen LogP contribution >= 0.6 is 0 Å². The van der Waals surface area contributed by atoms with Crippen molar-refractivity contribution in [3.05, 3.63) is 82.2 Å². The fraction of sp³-hybridized carbons (Fsp3) is 0.320. The number of pyridine rings is 1. The molecule has 0 radical (unpaired) electrons. The van der Waals surface area contributed by atoms with E-state index in [1.165, 1.54) is 35.0 Å². The van der Waals surface area contributed by atoms with E-state index in [1.54, 1.807) is 6.92 Å². The van der Waals surface area contributed by atoms with Gasteiger partial charge in [0.25, 0.3) is 5.56 Å². The van der Waals surface area contributed by atoms with Crippen molar-refractivity contribution in [2.75, 3.05) is 6.54 Å². The Hall–Kier alpha value is -3.80. The number of benzene rings is 1. The lowest BCUT2D eigenvalue weighted by atomic mass is 9.90. The van der Waals surface area contributed by atoms with Crippen LogP contribution in [-0.2, 0) is 12.6 Å². The second-order valence-corrected chi connectivity index (χ2v) is 8.98. The molecule has 36 heavy (non-hydrogen) atoms. The van der Waals surface area contributed by atoms with Crippen LogP contribution in [0, 0.1) is 12.7 Å². The van der Waals surface area contributed by atoms with Gasteiger partial charge in [-0.2, -0.15) is 10.0 Å². The van der Waals surface area contributed by atoms with E-state index >= 15 is 0 Å². The first-order valence-corrected chi connectivity index (χ1v) is 11.5. The third kappa shape index (κ3) is 4.43. The van der Waals surface area contributed by atoms with E-state index in [2.05, 4.69) is 20.1 Å². The second-order valence-electron chi connectivity index (χ2n) is 8.98. The first kappa shape index (κ1) is 23.9. The topological polar surface area (TPSA) is 130 Å². The van der Waals surface area contributed by atoms with Gasteiger partial charge in [0.05, 0.1) is 17.9 Å². The third-order valence-corrected chi connectivity index (χ3v) is 6.63.